The van der Waals surface area contributed by atoms with Crippen LogP contribution in [-0.2, 0) is 26.6 Å². The van der Waals surface area contributed by atoms with Gasteiger partial charge in [-0.25, -0.2) is 17.5 Å². The highest BCUT2D eigenvalue weighted by Gasteiger charge is 2.26. The number of nitrogens with zero attached hydrogens (tertiary/aromatic N) is 3. The minimum absolute atomic E-state index is 0.0235. The van der Waals surface area contributed by atoms with E-state index in [1.165, 1.54) is 40.3 Å². The van der Waals surface area contributed by atoms with Gasteiger partial charge in [-0.15, -0.1) is 0 Å². The van der Waals surface area contributed by atoms with Crippen LogP contribution in [0.5, 0.6) is 5.75 Å². The predicted molar refractivity (Wildman–Crippen MR) is 110 cm³/mol. The van der Waals surface area contributed by atoms with Crippen LogP contribution in [0.1, 0.15) is 28.7 Å². The first-order valence-corrected chi connectivity index (χ1v) is 10.5. The van der Waals surface area contributed by atoms with Crippen LogP contribution in [0.4, 0.5) is 5.69 Å². The maximum absolute atomic E-state index is 12.5. The molecule has 0 spiro atoms. The van der Waals surface area contributed by atoms with Crippen LogP contribution in [0.15, 0.2) is 23.1 Å². The fourth-order valence-electron chi connectivity index (χ4n) is 2.66. The topological polar surface area (TPSA) is 120 Å². The minimum Gasteiger partial charge on any atom is -0.495 e. The number of anilines is 1. The number of hydrogen-bond acceptors (Lipinski definition) is 7. The minimum atomic E-state index is -3.86. The summed E-state index contributed by atoms with van der Waals surface area (Å²) in [7, 11) is 1.97. The monoisotopic (exact) mass is 438 g/mol. The molecule has 1 amide bonds. The van der Waals surface area contributed by atoms with Crippen LogP contribution in [0.2, 0.25) is 0 Å². The Bertz CT molecular complexity index is 1070. The number of sulfonamides is 1. The second-order valence-corrected chi connectivity index (χ2v) is 8.98. The van der Waals surface area contributed by atoms with Crippen LogP contribution in [0.25, 0.3) is 0 Å². The SMILES string of the molecule is COc1ccc(C(=O)OC(C)C(=O)Nc2c(C)nn(C)c2C)cc1S(=O)(=O)N(C)C. The first-order valence-electron chi connectivity index (χ1n) is 9.02. The predicted octanol–water partition coefficient (Wildman–Crippen LogP) is 1.48. The molecule has 0 fully saturated rings. The number of methoxy groups -OCH3 is 1. The summed E-state index contributed by atoms with van der Waals surface area (Å²) in [6, 6.07) is 3.90. The molecule has 0 saturated heterocycles. The molecular weight excluding hydrogens is 412 g/mol. The molecule has 0 radical (unpaired) electrons. The normalized spacial score (nSPS) is 12.5. The molecule has 11 heteroatoms. The van der Waals surface area contributed by atoms with Gasteiger partial charge < -0.3 is 14.8 Å². The molecule has 30 heavy (non-hydrogen) atoms. The number of esters is 1. The molecule has 1 unspecified atom stereocenters. The van der Waals surface area contributed by atoms with Gasteiger partial charge in [-0.05, 0) is 39.0 Å². The van der Waals surface area contributed by atoms with Crippen molar-refractivity contribution in [2.24, 2.45) is 7.05 Å². The number of carbonyl (C=O) groups is 2. The van der Waals surface area contributed by atoms with E-state index in [9.17, 15) is 18.0 Å². The Labute approximate surface area is 175 Å². The van der Waals surface area contributed by atoms with Gasteiger partial charge in [-0.2, -0.15) is 5.10 Å². The summed E-state index contributed by atoms with van der Waals surface area (Å²) in [5, 5.41) is 6.92. The Morgan fingerprint density at radius 1 is 1.23 bits per heavy atom. The van der Waals surface area contributed by atoms with Crippen molar-refractivity contribution >= 4 is 27.6 Å². The molecule has 0 bridgehead atoms. The standard InChI is InChI=1S/C19H26N4O6S/c1-11-17(12(2)23(6)21-11)20-18(24)13(3)29-19(25)14-8-9-15(28-7)16(10-14)30(26,27)22(4)5/h8-10,13H,1-7H3,(H,20,24). The molecule has 10 nitrogen and oxygen atoms in total. The van der Waals surface area contributed by atoms with E-state index in [-0.39, 0.29) is 16.2 Å². The van der Waals surface area contributed by atoms with E-state index in [2.05, 4.69) is 10.4 Å². The number of nitrogens with one attached hydrogen (secondary N) is 1. The van der Waals surface area contributed by atoms with Crippen molar-refractivity contribution in [3.05, 3.63) is 35.2 Å². The van der Waals surface area contributed by atoms with Crippen molar-refractivity contribution in [3.63, 3.8) is 0 Å². The van der Waals surface area contributed by atoms with Crippen LogP contribution in [-0.4, -0.2) is 61.7 Å². The van der Waals surface area contributed by atoms with E-state index in [0.717, 1.165) is 16.1 Å². The van der Waals surface area contributed by atoms with Gasteiger partial charge in [0.15, 0.2) is 6.10 Å². The molecule has 0 saturated carbocycles. The molecule has 1 aromatic heterocycles. The van der Waals surface area contributed by atoms with Gasteiger partial charge in [0.25, 0.3) is 5.91 Å². The molecule has 2 aromatic rings. The largest absolute Gasteiger partial charge is 0.495 e. The Hall–Kier alpha value is -2.92. The molecular formula is C19H26N4O6S. The average Bonchev–Trinajstić information content (AvgIpc) is 2.93. The van der Waals surface area contributed by atoms with Gasteiger partial charge in [0.1, 0.15) is 10.6 Å². The van der Waals surface area contributed by atoms with Gasteiger partial charge in [0, 0.05) is 21.1 Å². The van der Waals surface area contributed by atoms with E-state index in [0.29, 0.717) is 11.4 Å². The van der Waals surface area contributed by atoms with Crippen molar-refractivity contribution in [3.8, 4) is 5.75 Å². The maximum Gasteiger partial charge on any atom is 0.338 e. The maximum atomic E-state index is 12.5. The Balaban J connectivity index is 2.22. The summed E-state index contributed by atoms with van der Waals surface area (Å²) in [5.74, 6) is -1.28. The van der Waals surface area contributed by atoms with Gasteiger partial charge in [0.05, 0.1) is 29.7 Å². The summed E-state index contributed by atoms with van der Waals surface area (Å²) in [5.41, 5.74) is 1.92. The Morgan fingerprint density at radius 3 is 2.37 bits per heavy atom. The van der Waals surface area contributed by atoms with Crippen molar-refractivity contribution in [2.75, 3.05) is 26.5 Å². The third-order valence-corrected chi connectivity index (χ3v) is 6.40. The summed E-state index contributed by atoms with van der Waals surface area (Å²) in [6.07, 6.45) is -1.12. The zero-order valence-electron chi connectivity index (χ0n) is 18.0. The number of carbonyl (C=O) groups excluding carboxylic acids is 2. The summed E-state index contributed by atoms with van der Waals surface area (Å²) in [6.45, 7) is 4.98. The van der Waals surface area contributed by atoms with Crippen molar-refractivity contribution in [1.29, 1.82) is 0 Å². The van der Waals surface area contributed by atoms with E-state index in [4.69, 9.17) is 9.47 Å². The number of hydrogen-bond donors (Lipinski definition) is 1. The lowest BCUT2D eigenvalue weighted by molar-refractivity contribution is -0.123. The lowest BCUT2D eigenvalue weighted by Gasteiger charge is -2.17. The zero-order chi connectivity index (χ0) is 22.8. The lowest BCUT2D eigenvalue weighted by Crippen LogP contribution is -2.30. The molecule has 164 valence electrons. The lowest BCUT2D eigenvalue weighted by atomic mass is 10.2. The number of rotatable bonds is 7. The van der Waals surface area contributed by atoms with Crippen LogP contribution >= 0.6 is 0 Å². The second-order valence-electron chi connectivity index (χ2n) is 6.86. The van der Waals surface area contributed by atoms with Crippen molar-refractivity contribution in [1.82, 2.24) is 14.1 Å². The molecule has 2 rings (SSSR count). The second kappa shape index (κ2) is 8.84. The van der Waals surface area contributed by atoms with Crippen LogP contribution in [0, 0.1) is 13.8 Å². The molecule has 0 aliphatic rings. The van der Waals surface area contributed by atoms with Gasteiger partial charge in [-0.3, -0.25) is 9.48 Å². The van der Waals surface area contributed by atoms with Gasteiger partial charge >= 0.3 is 5.97 Å². The number of aryl methyl sites for hydroxylation is 2. The highest BCUT2D eigenvalue weighted by atomic mass is 32.2. The molecule has 1 heterocycles. The van der Waals surface area contributed by atoms with E-state index < -0.39 is 28.0 Å². The average molecular weight is 439 g/mol. The highest BCUT2D eigenvalue weighted by molar-refractivity contribution is 7.89. The first-order chi connectivity index (χ1) is 13.9. The Morgan fingerprint density at radius 2 is 1.87 bits per heavy atom. The number of ether oxygens (including phenoxy) is 2. The van der Waals surface area contributed by atoms with E-state index >= 15 is 0 Å². The summed E-state index contributed by atoms with van der Waals surface area (Å²) < 4.78 is 38.0. The number of amides is 1. The van der Waals surface area contributed by atoms with Crippen LogP contribution in [0.3, 0.4) is 0 Å². The van der Waals surface area contributed by atoms with E-state index in [1.54, 1.807) is 25.6 Å². The summed E-state index contributed by atoms with van der Waals surface area (Å²) in [4.78, 5) is 24.8. The quantitative estimate of drug-likeness (QED) is 0.650. The number of aromatic nitrogens is 2. The third-order valence-electron chi connectivity index (χ3n) is 4.57. The highest BCUT2D eigenvalue weighted by Crippen LogP contribution is 2.27. The first kappa shape index (κ1) is 23.4. The van der Waals surface area contributed by atoms with Crippen molar-refractivity contribution < 1.29 is 27.5 Å². The third kappa shape index (κ3) is 4.62. The molecule has 0 aliphatic carbocycles. The Kier molecular flexibility index (Phi) is 6.88. The fourth-order valence-corrected chi connectivity index (χ4v) is 3.74. The van der Waals surface area contributed by atoms with E-state index in [1.807, 2.05) is 0 Å². The van der Waals surface area contributed by atoms with Gasteiger partial charge in [-0.1, -0.05) is 0 Å². The zero-order valence-corrected chi connectivity index (χ0v) is 18.8. The van der Waals surface area contributed by atoms with Crippen LogP contribution < -0.4 is 10.1 Å². The number of benzene rings is 1. The molecule has 1 atom stereocenters. The summed E-state index contributed by atoms with van der Waals surface area (Å²) >= 11 is 0. The molecule has 0 aliphatic heterocycles. The fraction of sp³-hybridized carbons (Fsp3) is 0.421. The van der Waals surface area contributed by atoms with Gasteiger partial charge in [0.2, 0.25) is 10.0 Å². The molecule has 1 N–H and O–H groups in total. The molecule has 1 aromatic carbocycles. The smallest absolute Gasteiger partial charge is 0.338 e. The van der Waals surface area contributed by atoms with Crippen molar-refractivity contribution in [2.45, 2.75) is 31.8 Å².